The molecule has 0 saturated heterocycles. The number of hydrogen-bond acceptors (Lipinski definition) is 4. The molecule has 16 heavy (non-hydrogen) atoms. The van der Waals surface area contributed by atoms with Gasteiger partial charge in [0.15, 0.2) is 0 Å². The molecular formula is C10H14BrNO3S. The first-order chi connectivity index (χ1) is 7.65. The van der Waals surface area contributed by atoms with Gasteiger partial charge in [-0.3, -0.25) is 4.79 Å². The molecule has 1 heterocycles. The Bertz CT molecular complexity index is 343. The van der Waals surface area contributed by atoms with Crippen molar-refractivity contribution < 1.29 is 14.6 Å². The largest absolute Gasteiger partial charge is 0.391 e. The minimum Gasteiger partial charge on any atom is -0.391 e. The minimum absolute atomic E-state index is 0.119. The lowest BCUT2D eigenvalue weighted by Crippen LogP contribution is -2.28. The average Bonchev–Trinajstić information content (AvgIpc) is 2.64. The minimum atomic E-state index is -0.530. The van der Waals surface area contributed by atoms with Crippen LogP contribution in [0.15, 0.2) is 15.9 Å². The van der Waals surface area contributed by atoms with E-state index in [-0.39, 0.29) is 5.91 Å². The molecule has 1 aromatic rings. The van der Waals surface area contributed by atoms with Gasteiger partial charge < -0.3 is 15.2 Å². The van der Waals surface area contributed by atoms with E-state index in [1.807, 2.05) is 11.4 Å². The fraction of sp³-hybridized carbons (Fsp3) is 0.500. The fourth-order valence-electron chi connectivity index (χ4n) is 1.16. The summed E-state index contributed by atoms with van der Waals surface area (Å²) in [6, 6.07) is 1.83. The standard InChI is InChI=1S/C10H14BrNO3S/c1-15-6-7(13)2-4-12-10(14)9-8(11)3-5-16-9/h3,5,7,13H,2,4,6H2,1H3,(H,12,14). The van der Waals surface area contributed by atoms with Crippen molar-refractivity contribution in [1.82, 2.24) is 5.32 Å². The molecule has 6 heteroatoms. The highest BCUT2D eigenvalue weighted by Gasteiger charge is 2.11. The van der Waals surface area contributed by atoms with E-state index in [1.165, 1.54) is 18.4 Å². The summed E-state index contributed by atoms with van der Waals surface area (Å²) in [6.45, 7) is 0.728. The van der Waals surface area contributed by atoms with Crippen LogP contribution in [-0.4, -0.2) is 37.4 Å². The van der Waals surface area contributed by atoms with Gasteiger partial charge in [-0.15, -0.1) is 11.3 Å². The highest BCUT2D eigenvalue weighted by atomic mass is 79.9. The smallest absolute Gasteiger partial charge is 0.262 e. The maximum absolute atomic E-state index is 11.6. The van der Waals surface area contributed by atoms with Crippen LogP contribution >= 0.6 is 27.3 Å². The maximum atomic E-state index is 11.6. The Balaban J connectivity index is 2.29. The predicted octanol–water partition coefficient (Wildman–Crippen LogP) is 1.64. The third kappa shape index (κ3) is 4.21. The molecular weight excluding hydrogens is 294 g/mol. The SMILES string of the molecule is COCC(O)CCNC(=O)c1sccc1Br. The van der Waals surface area contributed by atoms with Crippen LogP contribution in [0.4, 0.5) is 0 Å². The Morgan fingerprint density at radius 1 is 1.75 bits per heavy atom. The molecule has 90 valence electrons. The summed E-state index contributed by atoms with van der Waals surface area (Å²) in [7, 11) is 1.53. The summed E-state index contributed by atoms with van der Waals surface area (Å²) in [6.07, 6.45) is -0.0418. The Morgan fingerprint density at radius 3 is 3.06 bits per heavy atom. The Kier molecular flexibility index (Phi) is 5.97. The summed E-state index contributed by atoms with van der Waals surface area (Å²) < 4.78 is 5.58. The first-order valence-corrected chi connectivity index (χ1v) is 6.50. The topological polar surface area (TPSA) is 58.6 Å². The van der Waals surface area contributed by atoms with E-state index in [1.54, 1.807) is 0 Å². The van der Waals surface area contributed by atoms with Crippen molar-refractivity contribution in [2.45, 2.75) is 12.5 Å². The number of thiophene rings is 1. The molecule has 0 saturated carbocycles. The monoisotopic (exact) mass is 307 g/mol. The molecule has 1 aromatic heterocycles. The predicted molar refractivity (Wildman–Crippen MR) is 66.9 cm³/mol. The molecule has 0 spiro atoms. The zero-order chi connectivity index (χ0) is 12.0. The van der Waals surface area contributed by atoms with Crippen molar-refractivity contribution in [1.29, 1.82) is 0 Å². The number of halogens is 1. The van der Waals surface area contributed by atoms with Crippen LogP contribution < -0.4 is 5.32 Å². The highest BCUT2D eigenvalue weighted by molar-refractivity contribution is 9.10. The van der Waals surface area contributed by atoms with Gasteiger partial charge in [0, 0.05) is 18.1 Å². The molecule has 0 aromatic carbocycles. The molecule has 1 amide bonds. The van der Waals surface area contributed by atoms with E-state index >= 15 is 0 Å². The van der Waals surface area contributed by atoms with Gasteiger partial charge in [0.1, 0.15) is 4.88 Å². The summed E-state index contributed by atoms with van der Waals surface area (Å²) in [5, 5.41) is 14.0. The Morgan fingerprint density at radius 2 is 2.50 bits per heavy atom. The Labute approximate surface area is 107 Å². The molecule has 0 aliphatic heterocycles. The molecule has 1 rings (SSSR count). The summed E-state index contributed by atoms with van der Waals surface area (Å²) >= 11 is 4.67. The van der Waals surface area contributed by atoms with Crippen LogP contribution in [0, 0.1) is 0 Å². The summed E-state index contributed by atoms with van der Waals surface area (Å²) in [4.78, 5) is 12.3. The van der Waals surface area contributed by atoms with E-state index < -0.39 is 6.10 Å². The van der Waals surface area contributed by atoms with Gasteiger partial charge in [-0.25, -0.2) is 0 Å². The number of carbonyl (C=O) groups excluding carboxylic acids is 1. The zero-order valence-electron chi connectivity index (χ0n) is 8.90. The molecule has 0 aliphatic carbocycles. The van der Waals surface area contributed by atoms with Gasteiger partial charge in [-0.05, 0) is 33.8 Å². The van der Waals surface area contributed by atoms with Gasteiger partial charge in [0.05, 0.1) is 12.7 Å². The molecule has 4 nitrogen and oxygen atoms in total. The number of aliphatic hydroxyl groups excluding tert-OH is 1. The Hall–Kier alpha value is -0.430. The molecule has 0 fully saturated rings. The van der Waals surface area contributed by atoms with Gasteiger partial charge in [-0.1, -0.05) is 0 Å². The van der Waals surface area contributed by atoms with Crippen LogP contribution in [0.1, 0.15) is 16.1 Å². The molecule has 0 bridgehead atoms. The second-order valence-corrected chi connectivity index (χ2v) is 5.02. The van der Waals surface area contributed by atoms with E-state index in [4.69, 9.17) is 4.74 Å². The number of ether oxygens (including phenoxy) is 1. The number of amides is 1. The van der Waals surface area contributed by atoms with Crippen molar-refractivity contribution in [3.8, 4) is 0 Å². The maximum Gasteiger partial charge on any atom is 0.262 e. The number of carbonyl (C=O) groups is 1. The van der Waals surface area contributed by atoms with Crippen LogP contribution in [-0.2, 0) is 4.74 Å². The first kappa shape index (κ1) is 13.6. The van der Waals surface area contributed by atoms with Crippen molar-refractivity contribution in [3.05, 3.63) is 20.8 Å². The van der Waals surface area contributed by atoms with E-state index in [0.717, 1.165) is 4.47 Å². The second kappa shape index (κ2) is 7.01. The van der Waals surface area contributed by atoms with E-state index in [9.17, 15) is 9.90 Å². The number of rotatable bonds is 6. The molecule has 2 N–H and O–H groups in total. The van der Waals surface area contributed by atoms with Crippen LogP contribution in [0.3, 0.4) is 0 Å². The van der Waals surface area contributed by atoms with Crippen molar-refractivity contribution in [3.63, 3.8) is 0 Å². The summed E-state index contributed by atoms with van der Waals surface area (Å²) in [5.74, 6) is -0.119. The molecule has 0 aliphatic rings. The van der Waals surface area contributed by atoms with Gasteiger partial charge in [0.25, 0.3) is 5.91 Å². The van der Waals surface area contributed by atoms with E-state index in [0.29, 0.717) is 24.4 Å². The van der Waals surface area contributed by atoms with Crippen LogP contribution in [0.5, 0.6) is 0 Å². The summed E-state index contributed by atoms with van der Waals surface area (Å²) in [5.41, 5.74) is 0. The number of methoxy groups -OCH3 is 1. The lowest BCUT2D eigenvalue weighted by molar-refractivity contribution is 0.0588. The van der Waals surface area contributed by atoms with Gasteiger partial charge >= 0.3 is 0 Å². The normalized spacial score (nSPS) is 12.4. The van der Waals surface area contributed by atoms with Crippen molar-refractivity contribution >= 4 is 33.2 Å². The van der Waals surface area contributed by atoms with Crippen LogP contribution in [0.25, 0.3) is 0 Å². The first-order valence-electron chi connectivity index (χ1n) is 4.83. The quantitative estimate of drug-likeness (QED) is 0.840. The molecule has 0 radical (unpaired) electrons. The molecule has 1 unspecified atom stereocenters. The lowest BCUT2D eigenvalue weighted by atomic mass is 10.2. The average molecular weight is 308 g/mol. The lowest BCUT2D eigenvalue weighted by Gasteiger charge is -2.09. The zero-order valence-corrected chi connectivity index (χ0v) is 11.3. The van der Waals surface area contributed by atoms with Crippen molar-refractivity contribution in [2.24, 2.45) is 0 Å². The number of nitrogens with one attached hydrogen (secondary N) is 1. The third-order valence-corrected chi connectivity index (χ3v) is 3.78. The van der Waals surface area contributed by atoms with Gasteiger partial charge in [0.2, 0.25) is 0 Å². The van der Waals surface area contributed by atoms with Gasteiger partial charge in [-0.2, -0.15) is 0 Å². The van der Waals surface area contributed by atoms with E-state index in [2.05, 4.69) is 21.2 Å². The highest BCUT2D eigenvalue weighted by Crippen LogP contribution is 2.22. The number of aliphatic hydroxyl groups is 1. The van der Waals surface area contributed by atoms with Crippen molar-refractivity contribution in [2.75, 3.05) is 20.3 Å². The third-order valence-electron chi connectivity index (χ3n) is 1.95. The number of hydrogen-bond donors (Lipinski definition) is 2. The molecule has 1 atom stereocenters. The second-order valence-electron chi connectivity index (χ2n) is 3.25. The fourth-order valence-corrected chi connectivity index (χ4v) is 2.63. The van der Waals surface area contributed by atoms with Crippen LogP contribution in [0.2, 0.25) is 0 Å².